The highest BCUT2D eigenvalue weighted by molar-refractivity contribution is 5.72. The predicted molar refractivity (Wildman–Crippen MR) is 46.2 cm³/mol. The van der Waals surface area contributed by atoms with Crippen molar-refractivity contribution in [2.45, 2.75) is 0 Å². The molecule has 0 aliphatic rings. The van der Waals surface area contributed by atoms with Gasteiger partial charge in [0.1, 0.15) is 5.82 Å². The van der Waals surface area contributed by atoms with E-state index in [9.17, 15) is 13.2 Å². The molecule has 1 heterocycles. The molecule has 2 N–H and O–H groups in total. The van der Waals surface area contributed by atoms with Crippen LogP contribution in [0.1, 0.15) is 0 Å². The standard InChI is InChI=1S/C9H5F3N2O/c10-5-1-2-6(11)8(12)7(5)4-3-14-15-9(4)13/h1-3H,13H2. The number of nitrogens with zero attached hydrogens (tertiary/aromatic N) is 1. The number of anilines is 1. The van der Waals surface area contributed by atoms with Crippen molar-refractivity contribution in [3.63, 3.8) is 0 Å². The van der Waals surface area contributed by atoms with E-state index in [1.54, 1.807) is 0 Å². The zero-order chi connectivity index (χ0) is 11.0. The first-order valence-corrected chi connectivity index (χ1v) is 3.95. The Morgan fingerprint density at radius 2 is 1.80 bits per heavy atom. The monoisotopic (exact) mass is 214 g/mol. The van der Waals surface area contributed by atoms with Gasteiger partial charge in [0, 0.05) is 0 Å². The fraction of sp³-hybridized carbons (Fsp3) is 0. The van der Waals surface area contributed by atoms with Gasteiger partial charge in [0.15, 0.2) is 11.6 Å². The van der Waals surface area contributed by atoms with Gasteiger partial charge in [-0.1, -0.05) is 5.16 Å². The first-order chi connectivity index (χ1) is 7.11. The van der Waals surface area contributed by atoms with Gasteiger partial charge in [-0.25, -0.2) is 13.2 Å². The van der Waals surface area contributed by atoms with Gasteiger partial charge in [-0.05, 0) is 12.1 Å². The second kappa shape index (κ2) is 3.30. The van der Waals surface area contributed by atoms with Crippen molar-refractivity contribution in [1.82, 2.24) is 5.16 Å². The summed E-state index contributed by atoms with van der Waals surface area (Å²) in [6, 6.07) is 1.50. The molecule has 0 spiro atoms. The Morgan fingerprint density at radius 3 is 2.40 bits per heavy atom. The lowest BCUT2D eigenvalue weighted by atomic mass is 10.1. The molecule has 15 heavy (non-hydrogen) atoms. The van der Waals surface area contributed by atoms with Gasteiger partial charge in [-0.2, -0.15) is 0 Å². The minimum Gasteiger partial charge on any atom is -0.367 e. The molecule has 0 amide bonds. The molecular weight excluding hydrogens is 209 g/mol. The quantitative estimate of drug-likeness (QED) is 0.741. The van der Waals surface area contributed by atoms with E-state index in [2.05, 4.69) is 9.68 Å². The van der Waals surface area contributed by atoms with Crippen molar-refractivity contribution < 1.29 is 17.7 Å². The van der Waals surface area contributed by atoms with Crippen LogP contribution in [0.5, 0.6) is 0 Å². The fourth-order valence-electron chi connectivity index (χ4n) is 1.21. The third-order valence-electron chi connectivity index (χ3n) is 1.91. The van der Waals surface area contributed by atoms with Crippen molar-refractivity contribution in [2.24, 2.45) is 0 Å². The summed E-state index contributed by atoms with van der Waals surface area (Å²) in [5.41, 5.74) is 4.59. The van der Waals surface area contributed by atoms with Crippen LogP contribution in [0.2, 0.25) is 0 Å². The molecule has 0 aliphatic carbocycles. The molecule has 1 aromatic carbocycles. The van der Waals surface area contributed by atoms with Crippen molar-refractivity contribution in [3.05, 3.63) is 35.8 Å². The molecule has 0 fully saturated rings. The summed E-state index contributed by atoms with van der Waals surface area (Å²) in [6.07, 6.45) is 1.02. The van der Waals surface area contributed by atoms with Crippen molar-refractivity contribution >= 4 is 5.88 Å². The molecule has 78 valence electrons. The van der Waals surface area contributed by atoms with Crippen LogP contribution in [0.15, 0.2) is 22.9 Å². The summed E-state index contributed by atoms with van der Waals surface area (Å²) >= 11 is 0. The molecule has 6 heteroatoms. The van der Waals surface area contributed by atoms with Crippen LogP contribution >= 0.6 is 0 Å². The number of aromatic nitrogens is 1. The van der Waals surface area contributed by atoms with Crippen LogP contribution in [0.25, 0.3) is 11.1 Å². The number of rotatable bonds is 1. The van der Waals surface area contributed by atoms with Gasteiger partial charge in [-0.15, -0.1) is 0 Å². The van der Waals surface area contributed by atoms with E-state index in [4.69, 9.17) is 5.73 Å². The Kier molecular flexibility index (Phi) is 2.11. The highest BCUT2D eigenvalue weighted by atomic mass is 19.2. The van der Waals surface area contributed by atoms with Gasteiger partial charge < -0.3 is 10.3 Å². The third kappa shape index (κ3) is 1.43. The zero-order valence-electron chi connectivity index (χ0n) is 7.30. The number of nitrogen functional groups attached to an aromatic ring is 1. The number of halogens is 3. The molecule has 0 aliphatic heterocycles. The van der Waals surface area contributed by atoms with Crippen molar-refractivity contribution in [3.8, 4) is 11.1 Å². The Balaban J connectivity index is 2.72. The molecule has 2 aromatic rings. The normalized spacial score (nSPS) is 10.6. The minimum atomic E-state index is -1.31. The topological polar surface area (TPSA) is 52.0 Å². The average Bonchev–Trinajstić information content (AvgIpc) is 2.60. The van der Waals surface area contributed by atoms with E-state index < -0.39 is 23.0 Å². The van der Waals surface area contributed by atoms with Crippen LogP contribution in [-0.4, -0.2) is 5.16 Å². The summed E-state index contributed by atoms with van der Waals surface area (Å²) in [5, 5.41) is 3.25. The second-order valence-electron chi connectivity index (χ2n) is 2.82. The molecular formula is C9H5F3N2O. The zero-order valence-corrected chi connectivity index (χ0v) is 7.30. The van der Waals surface area contributed by atoms with Crippen LogP contribution < -0.4 is 5.73 Å². The molecule has 0 unspecified atom stereocenters. The van der Waals surface area contributed by atoms with E-state index in [0.717, 1.165) is 12.3 Å². The van der Waals surface area contributed by atoms with Crippen LogP contribution in [0, 0.1) is 17.5 Å². The maximum Gasteiger partial charge on any atom is 0.230 e. The number of hydrogen-bond acceptors (Lipinski definition) is 3. The van der Waals surface area contributed by atoms with Crippen LogP contribution in [0.4, 0.5) is 19.1 Å². The molecule has 0 saturated carbocycles. The van der Waals surface area contributed by atoms with Gasteiger partial charge in [-0.3, -0.25) is 0 Å². The summed E-state index contributed by atoms with van der Waals surface area (Å²) in [5.74, 6) is -3.67. The fourth-order valence-corrected chi connectivity index (χ4v) is 1.21. The predicted octanol–water partition coefficient (Wildman–Crippen LogP) is 2.34. The Hall–Kier alpha value is -1.98. The highest BCUT2D eigenvalue weighted by Crippen LogP contribution is 2.31. The van der Waals surface area contributed by atoms with E-state index >= 15 is 0 Å². The maximum atomic E-state index is 13.3. The highest BCUT2D eigenvalue weighted by Gasteiger charge is 2.19. The average molecular weight is 214 g/mol. The molecule has 0 radical (unpaired) electrons. The van der Waals surface area contributed by atoms with Crippen LogP contribution in [-0.2, 0) is 0 Å². The third-order valence-corrected chi connectivity index (χ3v) is 1.91. The van der Waals surface area contributed by atoms with E-state index in [1.165, 1.54) is 0 Å². The molecule has 0 saturated heterocycles. The second-order valence-corrected chi connectivity index (χ2v) is 2.82. The number of benzene rings is 1. The molecule has 1 aromatic heterocycles. The summed E-state index contributed by atoms with van der Waals surface area (Å²) in [7, 11) is 0. The number of nitrogens with two attached hydrogens (primary N) is 1. The van der Waals surface area contributed by atoms with E-state index in [0.29, 0.717) is 6.07 Å². The first kappa shape index (κ1) is 9.57. The van der Waals surface area contributed by atoms with Gasteiger partial charge in [0.05, 0.1) is 17.3 Å². The lowest BCUT2D eigenvalue weighted by molar-refractivity contribution is 0.436. The molecule has 0 bridgehead atoms. The summed E-state index contributed by atoms with van der Waals surface area (Å²) in [6.45, 7) is 0. The van der Waals surface area contributed by atoms with E-state index in [1.807, 2.05) is 0 Å². The smallest absolute Gasteiger partial charge is 0.230 e. The first-order valence-electron chi connectivity index (χ1n) is 3.95. The molecule has 2 rings (SSSR count). The van der Waals surface area contributed by atoms with Gasteiger partial charge in [0.25, 0.3) is 0 Å². The van der Waals surface area contributed by atoms with Crippen molar-refractivity contribution in [1.29, 1.82) is 0 Å². The van der Waals surface area contributed by atoms with Crippen LogP contribution in [0.3, 0.4) is 0 Å². The SMILES string of the molecule is Nc1oncc1-c1c(F)ccc(F)c1F. The largest absolute Gasteiger partial charge is 0.367 e. The number of hydrogen-bond donors (Lipinski definition) is 1. The minimum absolute atomic E-state index is 0.107. The van der Waals surface area contributed by atoms with E-state index in [-0.39, 0.29) is 11.4 Å². The lowest BCUT2D eigenvalue weighted by Crippen LogP contribution is -1.95. The Morgan fingerprint density at radius 1 is 1.13 bits per heavy atom. The van der Waals surface area contributed by atoms with Crippen molar-refractivity contribution in [2.75, 3.05) is 5.73 Å². The molecule has 3 nitrogen and oxygen atoms in total. The lowest BCUT2D eigenvalue weighted by Gasteiger charge is -2.02. The maximum absolute atomic E-state index is 13.3. The van der Waals surface area contributed by atoms with Gasteiger partial charge >= 0.3 is 0 Å². The molecule has 0 atom stereocenters. The Labute approximate surface area is 82.3 Å². The summed E-state index contributed by atoms with van der Waals surface area (Å²) in [4.78, 5) is 0. The van der Waals surface area contributed by atoms with Gasteiger partial charge in [0.2, 0.25) is 5.88 Å². The summed E-state index contributed by atoms with van der Waals surface area (Å²) < 4.78 is 43.8. The Bertz CT molecular complexity index is 510.